The molecule has 2 heterocycles. The fourth-order valence-electron chi connectivity index (χ4n) is 3.48. The Balaban J connectivity index is 1.60. The van der Waals surface area contributed by atoms with E-state index in [0.717, 1.165) is 44.8 Å². The zero-order valence-electron chi connectivity index (χ0n) is 13.4. The number of alkyl halides is 1. The van der Waals surface area contributed by atoms with Gasteiger partial charge < -0.3 is 9.80 Å². The van der Waals surface area contributed by atoms with Crippen LogP contribution in [-0.4, -0.2) is 73.3 Å². The predicted molar refractivity (Wildman–Crippen MR) is 87.7 cm³/mol. The second-order valence-corrected chi connectivity index (χ2v) is 6.43. The van der Waals surface area contributed by atoms with Crippen molar-refractivity contribution in [3.63, 3.8) is 0 Å². The fourth-order valence-corrected chi connectivity index (χ4v) is 3.48. The summed E-state index contributed by atoms with van der Waals surface area (Å²) in [6, 6.07) is 6.38. The highest BCUT2D eigenvalue weighted by Crippen LogP contribution is 2.26. The van der Waals surface area contributed by atoms with Gasteiger partial charge in [-0.25, -0.2) is 4.39 Å². The van der Waals surface area contributed by atoms with Gasteiger partial charge >= 0.3 is 0 Å². The van der Waals surface area contributed by atoms with Gasteiger partial charge in [0, 0.05) is 56.6 Å². The summed E-state index contributed by atoms with van der Waals surface area (Å²) in [6.07, 6.45) is -0.0932. The summed E-state index contributed by atoms with van der Waals surface area (Å²) in [7, 11) is 2.10. The van der Waals surface area contributed by atoms with Crippen LogP contribution in [0.4, 0.5) is 15.8 Å². The van der Waals surface area contributed by atoms with Gasteiger partial charge in [0.15, 0.2) is 0 Å². The Morgan fingerprint density at radius 2 is 1.78 bits per heavy atom. The first kappa shape index (κ1) is 16.1. The SMILES string of the molecule is CN1CCN(C2CCN(c3ccc([N+](=O)[O-])cc3)CC2F)CC1. The van der Waals surface area contributed by atoms with E-state index in [4.69, 9.17) is 0 Å². The Morgan fingerprint density at radius 3 is 2.35 bits per heavy atom. The van der Waals surface area contributed by atoms with Crippen LogP contribution in [0, 0.1) is 10.1 Å². The van der Waals surface area contributed by atoms with Gasteiger partial charge in [0.05, 0.1) is 11.5 Å². The molecule has 2 unspecified atom stereocenters. The molecular weight excluding hydrogens is 299 g/mol. The standard InChI is InChI=1S/C16H23FN4O2/c1-18-8-10-19(11-9-18)16-6-7-20(12-15(16)17)13-2-4-14(5-3-13)21(22)23/h2-5,15-16H,6-12H2,1H3. The number of hydrogen-bond donors (Lipinski definition) is 0. The van der Waals surface area contributed by atoms with Crippen LogP contribution >= 0.6 is 0 Å². The lowest BCUT2D eigenvalue weighted by Crippen LogP contribution is -2.57. The van der Waals surface area contributed by atoms with Crippen LogP contribution in [0.25, 0.3) is 0 Å². The number of rotatable bonds is 3. The number of non-ortho nitro benzene ring substituents is 1. The number of nitro benzene ring substituents is 1. The first-order valence-corrected chi connectivity index (χ1v) is 8.10. The normalized spacial score (nSPS) is 27.1. The van der Waals surface area contributed by atoms with Crippen LogP contribution in [0.2, 0.25) is 0 Å². The molecule has 2 aliphatic rings. The van der Waals surface area contributed by atoms with Gasteiger partial charge in [0.1, 0.15) is 6.17 Å². The summed E-state index contributed by atoms with van der Waals surface area (Å²) in [5.41, 5.74) is 0.924. The molecule has 0 saturated carbocycles. The number of likely N-dealkylation sites (N-methyl/N-ethyl adjacent to an activating group) is 1. The summed E-state index contributed by atoms with van der Waals surface area (Å²) in [5.74, 6) is 0. The molecule has 0 aromatic heterocycles. The average Bonchev–Trinajstić information content (AvgIpc) is 2.56. The molecule has 3 rings (SSSR count). The first-order valence-electron chi connectivity index (χ1n) is 8.10. The third-order valence-electron chi connectivity index (χ3n) is 4.94. The van der Waals surface area contributed by atoms with Gasteiger partial charge in [-0.1, -0.05) is 0 Å². The van der Waals surface area contributed by atoms with E-state index in [-0.39, 0.29) is 11.7 Å². The summed E-state index contributed by atoms with van der Waals surface area (Å²) >= 11 is 0. The molecule has 1 aromatic rings. The number of nitro groups is 1. The Hall–Kier alpha value is -1.73. The van der Waals surface area contributed by atoms with E-state index in [0.29, 0.717) is 6.54 Å². The molecule has 2 atom stereocenters. The zero-order chi connectivity index (χ0) is 16.4. The van der Waals surface area contributed by atoms with Crippen molar-refractivity contribution in [2.24, 2.45) is 0 Å². The van der Waals surface area contributed by atoms with Crippen molar-refractivity contribution >= 4 is 11.4 Å². The van der Waals surface area contributed by atoms with E-state index in [1.54, 1.807) is 12.1 Å². The molecule has 23 heavy (non-hydrogen) atoms. The lowest BCUT2D eigenvalue weighted by Gasteiger charge is -2.44. The maximum Gasteiger partial charge on any atom is 0.269 e. The second kappa shape index (κ2) is 6.80. The van der Waals surface area contributed by atoms with Crippen molar-refractivity contribution < 1.29 is 9.31 Å². The lowest BCUT2D eigenvalue weighted by molar-refractivity contribution is -0.384. The minimum atomic E-state index is -0.887. The largest absolute Gasteiger partial charge is 0.368 e. The van der Waals surface area contributed by atoms with Gasteiger partial charge in [-0.2, -0.15) is 0 Å². The number of nitrogens with zero attached hydrogens (tertiary/aromatic N) is 4. The van der Waals surface area contributed by atoms with E-state index in [1.807, 2.05) is 4.90 Å². The molecule has 2 fully saturated rings. The van der Waals surface area contributed by atoms with E-state index in [1.165, 1.54) is 12.1 Å². The second-order valence-electron chi connectivity index (χ2n) is 6.43. The molecule has 0 N–H and O–H groups in total. The molecule has 6 nitrogen and oxygen atoms in total. The maximum absolute atomic E-state index is 14.7. The van der Waals surface area contributed by atoms with Crippen LogP contribution < -0.4 is 4.90 Å². The van der Waals surface area contributed by atoms with Crippen molar-refractivity contribution in [2.75, 3.05) is 51.2 Å². The molecule has 7 heteroatoms. The molecule has 2 aliphatic heterocycles. The Morgan fingerprint density at radius 1 is 1.13 bits per heavy atom. The highest BCUT2D eigenvalue weighted by molar-refractivity contribution is 5.51. The highest BCUT2D eigenvalue weighted by atomic mass is 19.1. The molecule has 126 valence electrons. The number of halogens is 1. The summed E-state index contributed by atoms with van der Waals surface area (Å²) in [6.45, 7) is 4.99. The Kier molecular flexibility index (Phi) is 4.77. The number of piperidine rings is 1. The molecule has 0 radical (unpaired) electrons. The Bertz CT molecular complexity index is 546. The molecular formula is C16H23FN4O2. The smallest absolute Gasteiger partial charge is 0.269 e. The topological polar surface area (TPSA) is 52.9 Å². The van der Waals surface area contributed by atoms with Crippen LogP contribution in [0.3, 0.4) is 0 Å². The Labute approximate surface area is 135 Å². The van der Waals surface area contributed by atoms with E-state index in [9.17, 15) is 14.5 Å². The van der Waals surface area contributed by atoms with E-state index < -0.39 is 11.1 Å². The summed E-state index contributed by atoms with van der Waals surface area (Å²) < 4.78 is 14.7. The molecule has 0 aliphatic carbocycles. The van der Waals surface area contributed by atoms with Crippen molar-refractivity contribution in [1.82, 2.24) is 9.80 Å². The van der Waals surface area contributed by atoms with Crippen molar-refractivity contribution in [3.8, 4) is 0 Å². The average molecular weight is 322 g/mol. The van der Waals surface area contributed by atoms with Crippen LogP contribution in [0.15, 0.2) is 24.3 Å². The molecule has 1 aromatic carbocycles. The zero-order valence-corrected chi connectivity index (χ0v) is 13.4. The van der Waals surface area contributed by atoms with Crippen molar-refractivity contribution in [1.29, 1.82) is 0 Å². The van der Waals surface area contributed by atoms with Crippen molar-refractivity contribution in [2.45, 2.75) is 18.6 Å². The van der Waals surface area contributed by atoms with Gasteiger partial charge in [-0.05, 0) is 25.6 Å². The van der Waals surface area contributed by atoms with Crippen LogP contribution in [0.5, 0.6) is 0 Å². The molecule has 0 bridgehead atoms. The maximum atomic E-state index is 14.7. The van der Waals surface area contributed by atoms with E-state index in [2.05, 4.69) is 16.8 Å². The van der Waals surface area contributed by atoms with E-state index >= 15 is 0 Å². The minimum absolute atomic E-state index is 0.00185. The van der Waals surface area contributed by atoms with Crippen LogP contribution in [-0.2, 0) is 0 Å². The number of benzene rings is 1. The highest BCUT2D eigenvalue weighted by Gasteiger charge is 2.34. The molecule has 2 saturated heterocycles. The van der Waals surface area contributed by atoms with Crippen molar-refractivity contribution in [3.05, 3.63) is 34.4 Å². The predicted octanol–water partition coefficient (Wildman–Crippen LogP) is 1.76. The summed E-state index contributed by atoms with van der Waals surface area (Å²) in [4.78, 5) is 16.8. The molecule has 0 spiro atoms. The lowest BCUT2D eigenvalue weighted by atomic mass is 9.99. The molecule has 0 amide bonds. The van der Waals surface area contributed by atoms with Gasteiger partial charge in [-0.15, -0.1) is 0 Å². The fraction of sp³-hybridized carbons (Fsp3) is 0.625. The quantitative estimate of drug-likeness (QED) is 0.627. The van der Waals surface area contributed by atoms with Gasteiger partial charge in [-0.3, -0.25) is 15.0 Å². The van der Waals surface area contributed by atoms with Gasteiger partial charge in [0.25, 0.3) is 5.69 Å². The summed E-state index contributed by atoms with van der Waals surface area (Å²) in [5, 5.41) is 10.7. The number of anilines is 1. The minimum Gasteiger partial charge on any atom is -0.368 e. The monoisotopic (exact) mass is 322 g/mol. The van der Waals surface area contributed by atoms with Crippen LogP contribution in [0.1, 0.15) is 6.42 Å². The number of hydrogen-bond acceptors (Lipinski definition) is 5. The first-order chi connectivity index (χ1) is 11.0. The third kappa shape index (κ3) is 3.61. The van der Waals surface area contributed by atoms with Gasteiger partial charge in [0.2, 0.25) is 0 Å². The third-order valence-corrected chi connectivity index (χ3v) is 4.94. The number of piperazine rings is 1.